The third-order valence-corrected chi connectivity index (χ3v) is 3.46. The highest BCUT2D eigenvalue weighted by molar-refractivity contribution is 6.54. The second-order valence-corrected chi connectivity index (χ2v) is 5.61. The van der Waals surface area contributed by atoms with Crippen LogP contribution in [0.1, 0.15) is 24.5 Å². The van der Waals surface area contributed by atoms with Crippen LogP contribution in [0.2, 0.25) is 0 Å². The lowest BCUT2D eigenvalue weighted by Crippen LogP contribution is -2.47. The minimum atomic E-state index is -1.30. The van der Waals surface area contributed by atoms with Gasteiger partial charge in [0.15, 0.2) is 4.84 Å². The molecule has 0 aliphatic rings. The zero-order chi connectivity index (χ0) is 15.4. The predicted octanol–water partition coefficient (Wildman–Crippen LogP) is 3.30. The fraction of sp³-hybridized carbons (Fsp3) is 0.429. The maximum Gasteiger partial charge on any atom is 0.326 e. The van der Waals surface area contributed by atoms with Gasteiger partial charge < -0.3 is 5.11 Å². The van der Waals surface area contributed by atoms with Crippen molar-refractivity contribution in [2.24, 2.45) is 0 Å². The average Bonchev–Trinajstić information content (AvgIpc) is 2.36. The molecule has 1 amide bonds. The van der Waals surface area contributed by atoms with Crippen molar-refractivity contribution in [3.63, 3.8) is 0 Å². The summed E-state index contributed by atoms with van der Waals surface area (Å²) in [6.45, 7) is 5.33. The Morgan fingerprint density at radius 2 is 1.75 bits per heavy atom. The standard InChI is InChI=1S/C14H17Cl2NO3/c1-4-10(14(19)20)17(13(18)12(15)16)11-8(2)6-5-7-9(11)3/h5-7,10,12H,4H2,1-3H3,(H,19,20). The van der Waals surface area contributed by atoms with Gasteiger partial charge in [0, 0.05) is 0 Å². The van der Waals surface area contributed by atoms with Gasteiger partial charge in [0.1, 0.15) is 6.04 Å². The zero-order valence-corrected chi connectivity index (χ0v) is 13.1. The SMILES string of the molecule is CCC(C(=O)O)N(C(=O)C(Cl)Cl)c1c(C)cccc1C. The van der Waals surface area contributed by atoms with E-state index in [-0.39, 0.29) is 6.42 Å². The van der Waals surface area contributed by atoms with Gasteiger partial charge >= 0.3 is 5.97 Å². The van der Waals surface area contributed by atoms with Gasteiger partial charge in [0.05, 0.1) is 5.69 Å². The van der Waals surface area contributed by atoms with Crippen LogP contribution in [-0.4, -0.2) is 27.9 Å². The molecule has 0 bridgehead atoms. The molecule has 0 fully saturated rings. The number of nitrogens with zero attached hydrogens (tertiary/aromatic N) is 1. The fourth-order valence-electron chi connectivity index (χ4n) is 2.18. The quantitative estimate of drug-likeness (QED) is 0.848. The Morgan fingerprint density at radius 3 is 2.10 bits per heavy atom. The third kappa shape index (κ3) is 3.44. The summed E-state index contributed by atoms with van der Waals surface area (Å²) in [5.41, 5.74) is 2.15. The van der Waals surface area contributed by atoms with Crippen LogP contribution < -0.4 is 4.90 Å². The maximum atomic E-state index is 12.3. The molecule has 0 aliphatic heterocycles. The Morgan fingerprint density at radius 1 is 1.25 bits per heavy atom. The number of aliphatic carboxylic acids is 1. The summed E-state index contributed by atoms with van der Waals surface area (Å²) in [4.78, 5) is 23.6. The molecule has 4 nitrogen and oxygen atoms in total. The van der Waals surface area contributed by atoms with Gasteiger partial charge in [-0.3, -0.25) is 9.69 Å². The molecule has 1 rings (SSSR count). The molecule has 110 valence electrons. The Bertz CT molecular complexity index is 497. The normalized spacial score (nSPS) is 12.3. The Labute approximate surface area is 128 Å². The number of carboxylic acid groups (broad SMARTS) is 1. The molecule has 0 aromatic heterocycles. The number of para-hydroxylation sites is 1. The van der Waals surface area contributed by atoms with Gasteiger partial charge in [0.2, 0.25) is 0 Å². The van der Waals surface area contributed by atoms with Crippen molar-refractivity contribution in [2.45, 2.75) is 38.1 Å². The van der Waals surface area contributed by atoms with Gasteiger partial charge in [-0.1, -0.05) is 48.3 Å². The van der Waals surface area contributed by atoms with Gasteiger partial charge in [-0.15, -0.1) is 0 Å². The lowest BCUT2D eigenvalue weighted by atomic mass is 10.0. The smallest absolute Gasteiger partial charge is 0.326 e. The van der Waals surface area contributed by atoms with Crippen LogP contribution >= 0.6 is 23.2 Å². The first-order valence-corrected chi connectivity index (χ1v) is 7.08. The molecule has 0 saturated heterocycles. The van der Waals surface area contributed by atoms with Crippen LogP contribution in [0, 0.1) is 13.8 Å². The minimum absolute atomic E-state index is 0.259. The molecular formula is C14H17Cl2NO3. The van der Waals surface area contributed by atoms with Gasteiger partial charge in [-0.25, -0.2) is 4.79 Å². The number of carboxylic acids is 1. The topological polar surface area (TPSA) is 57.6 Å². The highest BCUT2D eigenvalue weighted by atomic mass is 35.5. The van der Waals surface area contributed by atoms with Crippen molar-refractivity contribution in [3.8, 4) is 0 Å². The van der Waals surface area contributed by atoms with Crippen molar-refractivity contribution in [2.75, 3.05) is 4.90 Å². The van der Waals surface area contributed by atoms with E-state index in [1.165, 1.54) is 4.90 Å². The summed E-state index contributed by atoms with van der Waals surface area (Å²) in [6.07, 6.45) is 0.259. The Balaban J connectivity index is 3.45. The van der Waals surface area contributed by atoms with E-state index < -0.39 is 22.8 Å². The lowest BCUT2D eigenvalue weighted by molar-refractivity contribution is -0.140. The Hall–Kier alpha value is -1.26. The van der Waals surface area contributed by atoms with Crippen LogP contribution in [-0.2, 0) is 9.59 Å². The molecule has 0 radical (unpaired) electrons. The van der Waals surface area contributed by atoms with E-state index in [1.807, 2.05) is 32.0 Å². The van der Waals surface area contributed by atoms with Crippen LogP contribution in [0.4, 0.5) is 5.69 Å². The van der Waals surface area contributed by atoms with Crippen molar-refractivity contribution in [3.05, 3.63) is 29.3 Å². The predicted molar refractivity (Wildman–Crippen MR) is 80.6 cm³/mol. The van der Waals surface area contributed by atoms with Crippen LogP contribution in [0.5, 0.6) is 0 Å². The number of halogens is 2. The number of hydrogen-bond donors (Lipinski definition) is 1. The van der Waals surface area contributed by atoms with Gasteiger partial charge in [0.25, 0.3) is 5.91 Å². The monoisotopic (exact) mass is 317 g/mol. The first-order chi connectivity index (χ1) is 9.31. The van der Waals surface area contributed by atoms with Crippen molar-refractivity contribution >= 4 is 40.8 Å². The van der Waals surface area contributed by atoms with Crippen molar-refractivity contribution in [1.29, 1.82) is 0 Å². The molecule has 1 atom stereocenters. The number of benzene rings is 1. The Kier molecular flexibility index (Phi) is 5.84. The average molecular weight is 318 g/mol. The third-order valence-electron chi connectivity index (χ3n) is 3.09. The van der Waals surface area contributed by atoms with E-state index >= 15 is 0 Å². The largest absolute Gasteiger partial charge is 0.480 e. The number of hydrogen-bond acceptors (Lipinski definition) is 2. The first-order valence-electron chi connectivity index (χ1n) is 6.21. The summed E-state index contributed by atoms with van der Waals surface area (Å²) in [5, 5.41) is 9.34. The number of anilines is 1. The molecule has 0 heterocycles. The molecule has 20 heavy (non-hydrogen) atoms. The molecule has 0 saturated carbocycles. The molecule has 1 aromatic rings. The van der Waals surface area contributed by atoms with Crippen molar-refractivity contribution < 1.29 is 14.7 Å². The fourth-order valence-corrected chi connectivity index (χ4v) is 2.39. The number of amides is 1. The van der Waals surface area contributed by atoms with E-state index in [0.29, 0.717) is 5.69 Å². The molecule has 1 N–H and O–H groups in total. The first kappa shape index (κ1) is 16.8. The summed E-state index contributed by atoms with van der Waals surface area (Å²) >= 11 is 11.3. The number of carbonyl (C=O) groups is 2. The van der Waals surface area contributed by atoms with E-state index in [1.54, 1.807) is 6.92 Å². The van der Waals surface area contributed by atoms with E-state index in [0.717, 1.165) is 11.1 Å². The number of rotatable bonds is 5. The van der Waals surface area contributed by atoms with E-state index in [9.17, 15) is 14.7 Å². The zero-order valence-electron chi connectivity index (χ0n) is 11.6. The highest BCUT2D eigenvalue weighted by Crippen LogP contribution is 2.29. The molecule has 1 aromatic carbocycles. The lowest BCUT2D eigenvalue weighted by Gasteiger charge is -2.31. The van der Waals surface area contributed by atoms with E-state index in [2.05, 4.69) is 0 Å². The van der Waals surface area contributed by atoms with Gasteiger partial charge in [-0.05, 0) is 31.4 Å². The van der Waals surface area contributed by atoms with Crippen molar-refractivity contribution in [1.82, 2.24) is 0 Å². The molecule has 6 heteroatoms. The molecular weight excluding hydrogens is 301 g/mol. The minimum Gasteiger partial charge on any atom is -0.480 e. The molecule has 0 aliphatic carbocycles. The highest BCUT2D eigenvalue weighted by Gasteiger charge is 2.34. The van der Waals surface area contributed by atoms with Crippen LogP contribution in [0.3, 0.4) is 0 Å². The molecule has 1 unspecified atom stereocenters. The van der Waals surface area contributed by atoms with E-state index in [4.69, 9.17) is 23.2 Å². The maximum absolute atomic E-state index is 12.3. The second-order valence-electron chi connectivity index (χ2n) is 4.51. The summed E-state index contributed by atoms with van der Waals surface area (Å²) in [6, 6.07) is 4.48. The number of carbonyl (C=O) groups excluding carboxylic acids is 1. The van der Waals surface area contributed by atoms with Crippen LogP contribution in [0.25, 0.3) is 0 Å². The number of alkyl halides is 2. The van der Waals surface area contributed by atoms with Gasteiger partial charge in [-0.2, -0.15) is 0 Å². The van der Waals surface area contributed by atoms with Crippen LogP contribution in [0.15, 0.2) is 18.2 Å². The molecule has 0 spiro atoms. The second kappa shape index (κ2) is 6.95. The summed E-state index contributed by atoms with van der Waals surface area (Å²) < 4.78 is 0. The number of aryl methyl sites for hydroxylation is 2. The summed E-state index contributed by atoms with van der Waals surface area (Å²) in [7, 11) is 0. The summed E-state index contributed by atoms with van der Waals surface area (Å²) in [5.74, 6) is -1.71.